The summed E-state index contributed by atoms with van der Waals surface area (Å²) in [7, 11) is 4.21. The molecule has 0 fully saturated rings. The number of ether oxygens (including phenoxy) is 2. The van der Waals surface area contributed by atoms with Crippen LogP contribution in [0.2, 0.25) is 0 Å². The first-order chi connectivity index (χ1) is 9.67. The van der Waals surface area contributed by atoms with E-state index in [1.807, 2.05) is 13.0 Å². The predicted molar refractivity (Wildman–Crippen MR) is 84.9 cm³/mol. The van der Waals surface area contributed by atoms with Gasteiger partial charge in [-0.2, -0.15) is 0 Å². The van der Waals surface area contributed by atoms with Gasteiger partial charge in [-0.15, -0.1) is 0 Å². The molecule has 114 valence electrons. The van der Waals surface area contributed by atoms with E-state index in [2.05, 4.69) is 38.1 Å². The van der Waals surface area contributed by atoms with E-state index in [0.717, 1.165) is 50.3 Å². The van der Waals surface area contributed by atoms with Gasteiger partial charge in [0.15, 0.2) is 11.5 Å². The second-order valence-electron chi connectivity index (χ2n) is 5.32. The molecule has 0 radical (unpaired) electrons. The Morgan fingerprint density at radius 3 is 2.45 bits per heavy atom. The van der Waals surface area contributed by atoms with Gasteiger partial charge in [-0.1, -0.05) is 19.4 Å². The van der Waals surface area contributed by atoms with Crippen LogP contribution >= 0.6 is 0 Å². The van der Waals surface area contributed by atoms with E-state index < -0.39 is 0 Å². The molecule has 3 heteroatoms. The average molecular weight is 279 g/mol. The predicted octanol–water partition coefficient (Wildman–Crippen LogP) is 3.76. The molecule has 0 saturated carbocycles. The van der Waals surface area contributed by atoms with E-state index in [0.29, 0.717) is 6.61 Å². The highest BCUT2D eigenvalue weighted by atomic mass is 16.5. The van der Waals surface area contributed by atoms with Crippen LogP contribution in [-0.2, 0) is 6.42 Å². The van der Waals surface area contributed by atoms with Crippen LogP contribution < -0.4 is 9.47 Å². The molecule has 0 aliphatic heterocycles. The van der Waals surface area contributed by atoms with Gasteiger partial charge in [0.2, 0.25) is 0 Å². The maximum atomic E-state index is 5.79. The normalized spacial score (nSPS) is 10.8. The van der Waals surface area contributed by atoms with Gasteiger partial charge in [0, 0.05) is 0 Å². The summed E-state index contributed by atoms with van der Waals surface area (Å²) in [5, 5.41) is 0. The Balaban J connectivity index is 2.62. The first-order valence-electron chi connectivity index (χ1n) is 7.70. The third-order valence-corrected chi connectivity index (χ3v) is 3.13. The summed E-state index contributed by atoms with van der Waals surface area (Å²) in [6, 6.07) is 6.32. The molecule has 3 nitrogen and oxygen atoms in total. The van der Waals surface area contributed by atoms with E-state index >= 15 is 0 Å². The molecule has 1 rings (SSSR count). The lowest BCUT2D eigenvalue weighted by Crippen LogP contribution is -2.13. The Kier molecular flexibility index (Phi) is 8.12. The summed E-state index contributed by atoms with van der Waals surface area (Å²) in [6.45, 7) is 6.72. The monoisotopic (exact) mass is 279 g/mol. The largest absolute Gasteiger partial charge is 0.490 e. The van der Waals surface area contributed by atoms with Gasteiger partial charge < -0.3 is 14.4 Å². The number of rotatable bonds is 10. The molecule has 0 unspecified atom stereocenters. The minimum atomic E-state index is 0.672. The Labute approximate surface area is 123 Å². The molecule has 0 bridgehead atoms. The van der Waals surface area contributed by atoms with Crippen molar-refractivity contribution < 1.29 is 9.47 Å². The highest BCUT2D eigenvalue weighted by molar-refractivity contribution is 5.43. The van der Waals surface area contributed by atoms with Crippen molar-refractivity contribution in [1.29, 1.82) is 0 Å². The van der Waals surface area contributed by atoms with Crippen LogP contribution in [0.3, 0.4) is 0 Å². The molecule has 0 aromatic heterocycles. The molecule has 0 heterocycles. The highest BCUT2D eigenvalue weighted by Gasteiger charge is 2.06. The Hall–Kier alpha value is -1.22. The first-order valence-corrected chi connectivity index (χ1v) is 7.70. The highest BCUT2D eigenvalue weighted by Crippen LogP contribution is 2.29. The number of aryl methyl sites for hydroxylation is 1. The van der Waals surface area contributed by atoms with Crippen LogP contribution in [-0.4, -0.2) is 38.8 Å². The summed E-state index contributed by atoms with van der Waals surface area (Å²) in [4.78, 5) is 2.21. The SMILES string of the molecule is CCCCOc1ccc(CCCN(C)C)cc1OCC. The van der Waals surface area contributed by atoms with E-state index in [1.165, 1.54) is 5.56 Å². The van der Waals surface area contributed by atoms with Crippen LogP contribution in [0.5, 0.6) is 11.5 Å². The number of hydrogen-bond donors (Lipinski definition) is 0. The number of nitrogens with zero attached hydrogens (tertiary/aromatic N) is 1. The zero-order chi connectivity index (χ0) is 14.8. The molecule has 0 aliphatic rings. The van der Waals surface area contributed by atoms with E-state index in [-0.39, 0.29) is 0 Å². The van der Waals surface area contributed by atoms with Crippen LogP contribution in [0.4, 0.5) is 0 Å². The molecular formula is C17H29NO2. The zero-order valence-electron chi connectivity index (χ0n) is 13.4. The van der Waals surface area contributed by atoms with Gasteiger partial charge >= 0.3 is 0 Å². The van der Waals surface area contributed by atoms with Crippen molar-refractivity contribution in [3.63, 3.8) is 0 Å². The maximum absolute atomic E-state index is 5.79. The van der Waals surface area contributed by atoms with Crippen LogP contribution in [0, 0.1) is 0 Å². The quantitative estimate of drug-likeness (QED) is 0.609. The van der Waals surface area contributed by atoms with Crippen molar-refractivity contribution in [1.82, 2.24) is 4.90 Å². The summed E-state index contributed by atoms with van der Waals surface area (Å²) in [6.07, 6.45) is 4.46. The van der Waals surface area contributed by atoms with Crippen molar-refractivity contribution in [3.05, 3.63) is 23.8 Å². The molecule has 1 aromatic rings. The van der Waals surface area contributed by atoms with Crippen molar-refractivity contribution >= 4 is 0 Å². The molecular weight excluding hydrogens is 250 g/mol. The number of benzene rings is 1. The van der Waals surface area contributed by atoms with Gasteiger partial charge in [-0.25, -0.2) is 0 Å². The minimum absolute atomic E-state index is 0.672. The second-order valence-corrected chi connectivity index (χ2v) is 5.32. The zero-order valence-corrected chi connectivity index (χ0v) is 13.4. The lowest BCUT2D eigenvalue weighted by molar-refractivity contribution is 0.272. The summed E-state index contributed by atoms with van der Waals surface area (Å²) in [5.41, 5.74) is 1.32. The standard InChI is InChI=1S/C17H29NO2/c1-5-7-13-20-16-11-10-15(9-8-12-18(3)4)14-17(16)19-6-2/h10-11,14H,5-9,12-13H2,1-4H3. The van der Waals surface area contributed by atoms with Crippen molar-refractivity contribution in [2.75, 3.05) is 33.9 Å². The molecule has 0 N–H and O–H groups in total. The minimum Gasteiger partial charge on any atom is -0.490 e. The van der Waals surface area contributed by atoms with Crippen LogP contribution in [0.1, 0.15) is 38.7 Å². The smallest absolute Gasteiger partial charge is 0.161 e. The van der Waals surface area contributed by atoms with Gasteiger partial charge in [0.1, 0.15) is 0 Å². The molecule has 0 amide bonds. The van der Waals surface area contributed by atoms with E-state index in [1.54, 1.807) is 0 Å². The van der Waals surface area contributed by atoms with Crippen molar-refractivity contribution in [2.45, 2.75) is 39.5 Å². The fraction of sp³-hybridized carbons (Fsp3) is 0.647. The lowest BCUT2D eigenvalue weighted by atomic mass is 10.1. The average Bonchev–Trinajstić information content (AvgIpc) is 2.41. The first kappa shape index (κ1) is 16.8. The molecule has 0 atom stereocenters. The summed E-state index contributed by atoms with van der Waals surface area (Å²) < 4.78 is 11.5. The molecule has 20 heavy (non-hydrogen) atoms. The van der Waals surface area contributed by atoms with Gasteiger partial charge in [-0.3, -0.25) is 0 Å². The Morgan fingerprint density at radius 1 is 1.00 bits per heavy atom. The third kappa shape index (κ3) is 6.29. The topological polar surface area (TPSA) is 21.7 Å². The van der Waals surface area contributed by atoms with E-state index in [9.17, 15) is 0 Å². The van der Waals surface area contributed by atoms with Gasteiger partial charge in [0.05, 0.1) is 13.2 Å². The lowest BCUT2D eigenvalue weighted by Gasteiger charge is -2.14. The summed E-state index contributed by atoms with van der Waals surface area (Å²) in [5.74, 6) is 1.75. The Morgan fingerprint density at radius 2 is 1.80 bits per heavy atom. The summed E-state index contributed by atoms with van der Waals surface area (Å²) >= 11 is 0. The molecule has 1 aromatic carbocycles. The van der Waals surface area contributed by atoms with Gasteiger partial charge in [-0.05, 0) is 64.5 Å². The van der Waals surface area contributed by atoms with Crippen molar-refractivity contribution in [2.24, 2.45) is 0 Å². The van der Waals surface area contributed by atoms with Crippen LogP contribution in [0.25, 0.3) is 0 Å². The number of unbranched alkanes of at least 4 members (excludes halogenated alkanes) is 1. The molecule has 0 saturated heterocycles. The van der Waals surface area contributed by atoms with Crippen LogP contribution in [0.15, 0.2) is 18.2 Å². The fourth-order valence-corrected chi connectivity index (χ4v) is 2.02. The third-order valence-electron chi connectivity index (χ3n) is 3.13. The van der Waals surface area contributed by atoms with Crippen molar-refractivity contribution in [3.8, 4) is 11.5 Å². The maximum Gasteiger partial charge on any atom is 0.161 e. The Bertz CT molecular complexity index is 377. The fourth-order valence-electron chi connectivity index (χ4n) is 2.02. The van der Waals surface area contributed by atoms with Gasteiger partial charge in [0.25, 0.3) is 0 Å². The van der Waals surface area contributed by atoms with E-state index in [4.69, 9.17) is 9.47 Å². The molecule has 0 aliphatic carbocycles. The second kappa shape index (κ2) is 9.65. The number of hydrogen-bond acceptors (Lipinski definition) is 3. The molecule has 0 spiro atoms.